The Morgan fingerprint density at radius 1 is 0.268 bits per heavy atom. The molecular weight excluding hydrogens is 679 g/mol. The summed E-state index contributed by atoms with van der Waals surface area (Å²) in [5.74, 6) is 0. The van der Waals surface area contributed by atoms with Gasteiger partial charge in [0, 0.05) is 33.4 Å². The minimum absolute atomic E-state index is 0.903. The zero-order chi connectivity index (χ0) is 37.3. The lowest BCUT2D eigenvalue weighted by atomic mass is 9.89. The predicted molar refractivity (Wildman–Crippen MR) is 236 cm³/mol. The van der Waals surface area contributed by atoms with Gasteiger partial charge in [0.1, 0.15) is 11.2 Å². The van der Waals surface area contributed by atoms with Crippen molar-refractivity contribution < 1.29 is 4.42 Å². The van der Waals surface area contributed by atoms with Gasteiger partial charge in [0.2, 0.25) is 0 Å². The summed E-state index contributed by atoms with van der Waals surface area (Å²) < 4.78 is 6.44. The second-order valence-electron chi connectivity index (χ2n) is 14.1. The largest absolute Gasteiger partial charge is 0.455 e. The summed E-state index contributed by atoms with van der Waals surface area (Å²) in [4.78, 5) is 2.36. The summed E-state index contributed by atoms with van der Waals surface area (Å²) in [6.07, 6.45) is 0. The number of furan rings is 1. The van der Waals surface area contributed by atoms with Crippen LogP contribution >= 0.6 is 0 Å². The zero-order valence-corrected chi connectivity index (χ0v) is 30.7. The van der Waals surface area contributed by atoms with Gasteiger partial charge >= 0.3 is 0 Å². The first-order valence-corrected chi connectivity index (χ1v) is 19.1. The van der Waals surface area contributed by atoms with Crippen molar-refractivity contribution in [3.8, 4) is 55.6 Å². The van der Waals surface area contributed by atoms with Crippen molar-refractivity contribution in [2.75, 3.05) is 4.90 Å². The van der Waals surface area contributed by atoms with E-state index in [4.69, 9.17) is 4.42 Å². The molecule has 0 bridgehead atoms. The molecule has 264 valence electrons. The van der Waals surface area contributed by atoms with E-state index in [2.05, 4.69) is 217 Å². The number of rotatable bonds is 8. The molecule has 2 heteroatoms. The Kier molecular flexibility index (Phi) is 8.55. The first kappa shape index (κ1) is 33.2. The number of hydrogen-bond donors (Lipinski definition) is 0. The van der Waals surface area contributed by atoms with Gasteiger partial charge in [-0.05, 0) is 92.5 Å². The molecule has 2 nitrogen and oxygen atoms in total. The number of nitrogens with zero attached hydrogens (tertiary/aromatic N) is 1. The molecule has 0 unspecified atom stereocenters. The molecule has 0 saturated heterocycles. The number of benzene rings is 9. The third-order valence-electron chi connectivity index (χ3n) is 10.7. The minimum Gasteiger partial charge on any atom is -0.455 e. The van der Waals surface area contributed by atoms with E-state index in [0.29, 0.717) is 0 Å². The van der Waals surface area contributed by atoms with Crippen LogP contribution in [0.3, 0.4) is 0 Å². The number of fused-ring (bicyclic) bond motifs is 3. The second kappa shape index (κ2) is 14.4. The van der Waals surface area contributed by atoms with Gasteiger partial charge in [-0.25, -0.2) is 0 Å². The van der Waals surface area contributed by atoms with Crippen LogP contribution < -0.4 is 4.90 Å². The van der Waals surface area contributed by atoms with Gasteiger partial charge in [-0.2, -0.15) is 0 Å². The molecule has 56 heavy (non-hydrogen) atoms. The highest BCUT2D eigenvalue weighted by molar-refractivity contribution is 6.09. The maximum Gasteiger partial charge on any atom is 0.143 e. The van der Waals surface area contributed by atoms with Crippen LogP contribution in [0.5, 0.6) is 0 Å². The molecule has 1 heterocycles. The van der Waals surface area contributed by atoms with Crippen LogP contribution in [0, 0.1) is 0 Å². The summed E-state index contributed by atoms with van der Waals surface area (Å²) >= 11 is 0. The molecule has 0 aliphatic heterocycles. The van der Waals surface area contributed by atoms with E-state index < -0.39 is 0 Å². The molecule has 0 radical (unpaired) electrons. The van der Waals surface area contributed by atoms with Crippen LogP contribution in [-0.2, 0) is 0 Å². The summed E-state index contributed by atoms with van der Waals surface area (Å²) in [6.45, 7) is 0. The molecule has 10 rings (SSSR count). The minimum atomic E-state index is 0.903. The van der Waals surface area contributed by atoms with Crippen molar-refractivity contribution in [3.63, 3.8) is 0 Å². The van der Waals surface area contributed by atoms with E-state index in [9.17, 15) is 0 Å². The van der Waals surface area contributed by atoms with Crippen molar-refractivity contribution in [2.45, 2.75) is 0 Å². The number of para-hydroxylation sites is 2. The van der Waals surface area contributed by atoms with E-state index >= 15 is 0 Å². The van der Waals surface area contributed by atoms with Crippen molar-refractivity contribution in [1.29, 1.82) is 0 Å². The van der Waals surface area contributed by atoms with Crippen LogP contribution in [0.2, 0.25) is 0 Å². The summed E-state index contributed by atoms with van der Waals surface area (Å²) in [7, 11) is 0. The average molecular weight is 716 g/mol. The van der Waals surface area contributed by atoms with Gasteiger partial charge in [-0.1, -0.05) is 182 Å². The van der Waals surface area contributed by atoms with Gasteiger partial charge in [0.15, 0.2) is 0 Å². The maximum absolute atomic E-state index is 6.44. The van der Waals surface area contributed by atoms with Gasteiger partial charge in [0.05, 0.1) is 0 Å². The molecule has 0 aliphatic carbocycles. The molecular formula is C54H37NO. The predicted octanol–water partition coefficient (Wildman–Crippen LogP) is 15.4. The quantitative estimate of drug-likeness (QED) is 0.156. The normalized spacial score (nSPS) is 11.2. The van der Waals surface area contributed by atoms with Crippen molar-refractivity contribution >= 4 is 39.0 Å². The fraction of sp³-hybridized carbons (Fsp3) is 0. The fourth-order valence-corrected chi connectivity index (χ4v) is 8.00. The first-order chi connectivity index (χ1) is 27.8. The van der Waals surface area contributed by atoms with E-state index in [1.54, 1.807) is 0 Å². The molecule has 0 atom stereocenters. The molecule has 9 aromatic carbocycles. The highest BCUT2D eigenvalue weighted by Crippen LogP contribution is 2.44. The zero-order valence-electron chi connectivity index (χ0n) is 30.7. The molecule has 0 aliphatic rings. The van der Waals surface area contributed by atoms with E-state index in [0.717, 1.165) is 50.1 Å². The summed E-state index contributed by atoms with van der Waals surface area (Å²) in [5.41, 5.74) is 16.7. The van der Waals surface area contributed by atoms with Crippen molar-refractivity contribution in [2.24, 2.45) is 0 Å². The Balaban J connectivity index is 1.14. The van der Waals surface area contributed by atoms with E-state index in [1.807, 2.05) is 12.1 Å². The molecule has 0 N–H and O–H groups in total. The molecule has 10 aromatic rings. The molecule has 0 amide bonds. The smallest absolute Gasteiger partial charge is 0.143 e. The van der Waals surface area contributed by atoms with E-state index in [1.165, 1.54) is 44.5 Å². The molecule has 0 spiro atoms. The SMILES string of the molecule is c1ccc(-c2ccc(N(c3ccc(-c4cccc5c4oc4ccccc45)cc3)c3ccc(-c4ccccc4)c(-c4ccccc4-c4ccccc4)c3)cc2)cc1. The summed E-state index contributed by atoms with van der Waals surface area (Å²) in [5, 5.41) is 2.26. The third kappa shape index (κ3) is 6.14. The van der Waals surface area contributed by atoms with Crippen molar-refractivity contribution in [3.05, 3.63) is 224 Å². The number of hydrogen-bond acceptors (Lipinski definition) is 2. The highest BCUT2D eigenvalue weighted by atomic mass is 16.3. The van der Waals surface area contributed by atoms with Crippen molar-refractivity contribution in [1.82, 2.24) is 0 Å². The Morgan fingerprint density at radius 3 is 1.38 bits per heavy atom. The lowest BCUT2D eigenvalue weighted by Crippen LogP contribution is -2.10. The monoisotopic (exact) mass is 715 g/mol. The molecule has 0 fully saturated rings. The van der Waals surface area contributed by atoms with Crippen LogP contribution in [0.15, 0.2) is 229 Å². The third-order valence-corrected chi connectivity index (χ3v) is 10.7. The average Bonchev–Trinajstić information content (AvgIpc) is 3.67. The lowest BCUT2D eigenvalue weighted by Gasteiger charge is -2.27. The highest BCUT2D eigenvalue weighted by Gasteiger charge is 2.19. The molecule has 0 saturated carbocycles. The number of anilines is 3. The summed E-state index contributed by atoms with van der Waals surface area (Å²) in [6, 6.07) is 80.1. The van der Waals surface area contributed by atoms with E-state index in [-0.39, 0.29) is 0 Å². The standard InChI is InChI=1S/C54H37NO/c1-4-15-38(16-5-1)39-27-31-43(32-28-39)55(44-33-29-42(30-34-44)48-24-14-25-51-50-23-12-13-26-53(50)56-54(48)51)45-35-36-47(41-19-8-3-9-20-41)52(37-45)49-22-11-10-21-46(49)40-17-6-2-7-18-40/h1-37H. The van der Waals surface area contributed by atoms with Crippen LogP contribution in [-0.4, -0.2) is 0 Å². The topological polar surface area (TPSA) is 16.4 Å². The van der Waals surface area contributed by atoms with Gasteiger partial charge < -0.3 is 9.32 Å². The Labute approximate surface area is 327 Å². The molecule has 1 aromatic heterocycles. The Morgan fingerprint density at radius 2 is 0.714 bits per heavy atom. The second-order valence-corrected chi connectivity index (χ2v) is 14.1. The lowest BCUT2D eigenvalue weighted by molar-refractivity contribution is 0.670. The Hall–Kier alpha value is -7.42. The van der Waals surface area contributed by atoms with Gasteiger partial charge in [-0.15, -0.1) is 0 Å². The fourth-order valence-electron chi connectivity index (χ4n) is 8.00. The first-order valence-electron chi connectivity index (χ1n) is 19.1. The van der Waals surface area contributed by atoms with Crippen LogP contribution in [0.25, 0.3) is 77.6 Å². The van der Waals surface area contributed by atoms with Gasteiger partial charge in [0.25, 0.3) is 0 Å². The maximum atomic E-state index is 6.44. The van der Waals surface area contributed by atoms with Gasteiger partial charge in [-0.3, -0.25) is 0 Å². The van der Waals surface area contributed by atoms with Crippen LogP contribution in [0.4, 0.5) is 17.1 Å². The Bertz CT molecular complexity index is 2930. The van der Waals surface area contributed by atoms with Crippen LogP contribution in [0.1, 0.15) is 0 Å².